The minimum Gasteiger partial charge on any atom is -0.406 e. The number of hydrogen-bond donors (Lipinski definition) is 1. The molecule has 1 aliphatic carbocycles. The van der Waals surface area contributed by atoms with Crippen molar-refractivity contribution >= 4 is 5.91 Å². The van der Waals surface area contributed by atoms with Gasteiger partial charge in [0.15, 0.2) is 0 Å². The third kappa shape index (κ3) is 2.97. The fourth-order valence-electron chi connectivity index (χ4n) is 2.71. The van der Waals surface area contributed by atoms with Crippen LogP contribution < -0.4 is 10.5 Å². The number of alkyl halides is 3. The molecular formula is C14H15F3N2O2. The van der Waals surface area contributed by atoms with Gasteiger partial charge in [-0.05, 0) is 43.0 Å². The number of halogens is 3. The van der Waals surface area contributed by atoms with Gasteiger partial charge in [-0.1, -0.05) is 0 Å². The third-order valence-corrected chi connectivity index (χ3v) is 3.98. The second-order valence-electron chi connectivity index (χ2n) is 5.74. The van der Waals surface area contributed by atoms with E-state index >= 15 is 0 Å². The van der Waals surface area contributed by atoms with Crippen LogP contribution in [-0.4, -0.2) is 35.8 Å². The smallest absolute Gasteiger partial charge is 0.406 e. The number of rotatable bonds is 3. The summed E-state index contributed by atoms with van der Waals surface area (Å²) < 4.78 is 39.9. The molecule has 0 bridgehead atoms. The largest absolute Gasteiger partial charge is 0.573 e. The summed E-state index contributed by atoms with van der Waals surface area (Å²) in [5, 5.41) is 0. The molecule has 4 nitrogen and oxygen atoms in total. The maximum atomic E-state index is 12.2. The van der Waals surface area contributed by atoms with Gasteiger partial charge in [0.05, 0.1) is 5.54 Å². The molecule has 2 N–H and O–H groups in total. The summed E-state index contributed by atoms with van der Waals surface area (Å²) in [7, 11) is 0. The molecule has 21 heavy (non-hydrogen) atoms. The van der Waals surface area contributed by atoms with Crippen molar-refractivity contribution in [1.29, 1.82) is 0 Å². The van der Waals surface area contributed by atoms with Crippen LogP contribution in [-0.2, 0) is 0 Å². The van der Waals surface area contributed by atoms with Gasteiger partial charge in [0, 0.05) is 18.7 Å². The molecule has 1 heterocycles. The summed E-state index contributed by atoms with van der Waals surface area (Å²) in [5.41, 5.74) is 6.24. The van der Waals surface area contributed by atoms with Crippen LogP contribution in [0.1, 0.15) is 23.2 Å². The molecule has 1 aliphatic heterocycles. The van der Waals surface area contributed by atoms with Crippen molar-refractivity contribution in [2.24, 2.45) is 11.7 Å². The molecule has 0 radical (unpaired) electrons. The molecule has 1 amide bonds. The van der Waals surface area contributed by atoms with E-state index in [1.54, 1.807) is 4.90 Å². The zero-order valence-electron chi connectivity index (χ0n) is 11.2. The van der Waals surface area contributed by atoms with E-state index in [0.29, 0.717) is 24.6 Å². The molecule has 1 aromatic carbocycles. The van der Waals surface area contributed by atoms with Crippen LogP contribution >= 0.6 is 0 Å². The fraction of sp³-hybridized carbons (Fsp3) is 0.500. The Morgan fingerprint density at radius 3 is 2.29 bits per heavy atom. The summed E-state index contributed by atoms with van der Waals surface area (Å²) in [5.74, 6) is -0.0480. The Morgan fingerprint density at radius 1 is 1.24 bits per heavy atom. The second-order valence-corrected chi connectivity index (χ2v) is 5.74. The Hall–Kier alpha value is -1.76. The highest BCUT2D eigenvalue weighted by atomic mass is 19.4. The Bertz CT molecular complexity index is 546. The molecule has 0 aromatic heterocycles. The summed E-state index contributed by atoms with van der Waals surface area (Å²) in [6.07, 6.45) is -2.50. The van der Waals surface area contributed by atoms with Crippen molar-refractivity contribution in [3.8, 4) is 5.75 Å². The standard InChI is InChI=1S/C14H15F3N2O2/c15-14(16,17)21-11-5-1-9(2-6-11)12(20)19-7-13(18,8-19)10-3-4-10/h1-2,5-6,10H,3-4,7-8,18H2. The van der Waals surface area contributed by atoms with Crippen molar-refractivity contribution < 1.29 is 22.7 Å². The third-order valence-electron chi connectivity index (χ3n) is 3.98. The average molecular weight is 300 g/mol. The maximum absolute atomic E-state index is 12.2. The van der Waals surface area contributed by atoms with Crippen LogP contribution in [0.25, 0.3) is 0 Å². The Kier molecular flexibility index (Phi) is 3.12. The van der Waals surface area contributed by atoms with Gasteiger partial charge in [0.2, 0.25) is 0 Å². The van der Waals surface area contributed by atoms with Crippen LogP contribution in [0.2, 0.25) is 0 Å². The van der Waals surface area contributed by atoms with Gasteiger partial charge >= 0.3 is 6.36 Å². The highest BCUT2D eigenvalue weighted by molar-refractivity contribution is 5.95. The van der Waals surface area contributed by atoms with E-state index in [1.807, 2.05) is 0 Å². The van der Waals surface area contributed by atoms with E-state index in [-0.39, 0.29) is 17.2 Å². The Balaban J connectivity index is 1.61. The number of amides is 1. The van der Waals surface area contributed by atoms with Crippen LogP contribution in [0.15, 0.2) is 24.3 Å². The highest BCUT2D eigenvalue weighted by Gasteiger charge is 2.51. The number of carbonyl (C=O) groups excluding carboxylic acids is 1. The number of likely N-dealkylation sites (tertiary alicyclic amines) is 1. The number of ether oxygens (including phenoxy) is 1. The molecule has 0 atom stereocenters. The summed E-state index contributed by atoms with van der Waals surface area (Å²) >= 11 is 0. The first-order valence-electron chi connectivity index (χ1n) is 6.71. The highest BCUT2D eigenvalue weighted by Crippen LogP contribution is 2.43. The van der Waals surface area contributed by atoms with Gasteiger partial charge in [-0.2, -0.15) is 0 Å². The second kappa shape index (κ2) is 4.62. The SMILES string of the molecule is NC1(C2CC2)CN(C(=O)c2ccc(OC(F)(F)F)cc2)C1. The topological polar surface area (TPSA) is 55.6 Å². The number of nitrogens with two attached hydrogens (primary N) is 1. The zero-order valence-corrected chi connectivity index (χ0v) is 11.2. The molecule has 7 heteroatoms. The lowest BCUT2D eigenvalue weighted by molar-refractivity contribution is -0.274. The van der Waals surface area contributed by atoms with E-state index < -0.39 is 6.36 Å². The van der Waals surface area contributed by atoms with Gasteiger partial charge in [0.25, 0.3) is 5.91 Å². The predicted octanol–water partition coefficient (Wildman–Crippen LogP) is 2.15. The first-order valence-corrected chi connectivity index (χ1v) is 6.71. The van der Waals surface area contributed by atoms with Gasteiger partial charge in [0.1, 0.15) is 5.75 Å². The van der Waals surface area contributed by atoms with Crippen LogP contribution in [0.4, 0.5) is 13.2 Å². The van der Waals surface area contributed by atoms with Crippen molar-refractivity contribution in [3.05, 3.63) is 29.8 Å². The van der Waals surface area contributed by atoms with E-state index in [9.17, 15) is 18.0 Å². The minimum absolute atomic E-state index is 0.213. The monoisotopic (exact) mass is 300 g/mol. The molecule has 3 rings (SSSR count). The van der Waals surface area contributed by atoms with E-state index in [2.05, 4.69) is 4.74 Å². The summed E-state index contributed by atoms with van der Waals surface area (Å²) in [6, 6.07) is 4.93. The molecule has 1 saturated heterocycles. The van der Waals surface area contributed by atoms with Gasteiger partial charge < -0.3 is 15.4 Å². The molecule has 1 aromatic rings. The zero-order chi connectivity index (χ0) is 15.3. The lowest BCUT2D eigenvalue weighted by atomic mass is 9.85. The van der Waals surface area contributed by atoms with E-state index in [1.165, 1.54) is 12.1 Å². The van der Waals surface area contributed by atoms with Gasteiger partial charge in [-0.15, -0.1) is 13.2 Å². The van der Waals surface area contributed by atoms with Crippen molar-refractivity contribution in [2.45, 2.75) is 24.7 Å². The summed E-state index contributed by atoms with van der Waals surface area (Å²) in [4.78, 5) is 13.8. The number of nitrogens with zero attached hydrogens (tertiary/aromatic N) is 1. The molecule has 2 aliphatic rings. The minimum atomic E-state index is -4.73. The normalized spacial score (nSPS) is 20.9. The van der Waals surface area contributed by atoms with Gasteiger partial charge in [-0.3, -0.25) is 4.79 Å². The lowest BCUT2D eigenvalue weighted by Gasteiger charge is -2.48. The van der Waals surface area contributed by atoms with Gasteiger partial charge in [-0.25, -0.2) is 0 Å². The first kappa shape index (κ1) is 14.2. The van der Waals surface area contributed by atoms with E-state index in [0.717, 1.165) is 25.0 Å². The molecule has 114 valence electrons. The molecular weight excluding hydrogens is 285 g/mol. The number of benzene rings is 1. The first-order chi connectivity index (χ1) is 9.77. The number of carbonyl (C=O) groups is 1. The lowest BCUT2D eigenvalue weighted by Crippen LogP contribution is -2.69. The molecule has 0 spiro atoms. The Morgan fingerprint density at radius 2 is 1.81 bits per heavy atom. The maximum Gasteiger partial charge on any atom is 0.573 e. The summed E-state index contributed by atoms with van der Waals surface area (Å²) in [6.45, 7) is 1.02. The van der Waals surface area contributed by atoms with Crippen LogP contribution in [0.5, 0.6) is 5.75 Å². The van der Waals surface area contributed by atoms with Crippen molar-refractivity contribution in [3.63, 3.8) is 0 Å². The quantitative estimate of drug-likeness (QED) is 0.930. The molecule has 2 fully saturated rings. The molecule has 0 unspecified atom stereocenters. The predicted molar refractivity (Wildman–Crippen MR) is 68.7 cm³/mol. The van der Waals surface area contributed by atoms with Crippen molar-refractivity contribution in [2.75, 3.05) is 13.1 Å². The van der Waals surface area contributed by atoms with E-state index in [4.69, 9.17) is 5.73 Å². The molecule has 1 saturated carbocycles. The fourth-order valence-corrected chi connectivity index (χ4v) is 2.71. The number of hydrogen-bond acceptors (Lipinski definition) is 3. The van der Waals surface area contributed by atoms with Crippen LogP contribution in [0, 0.1) is 5.92 Å². The average Bonchev–Trinajstić information content (AvgIpc) is 3.17. The Labute approximate surface area is 119 Å². The van der Waals surface area contributed by atoms with Crippen LogP contribution in [0.3, 0.4) is 0 Å². The van der Waals surface area contributed by atoms with Crippen molar-refractivity contribution in [1.82, 2.24) is 4.90 Å².